The second-order valence-corrected chi connectivity index (χ2v) is 7.59. The SMILES string of the molecule is [2H]c1cc(N(c2c([2H])c([2H])c(-c3c([2H])c([2H])c([2H])c([2H])c3[2H])c([2H])c2[2H])c2c([2H])c([2H])c(-c3c([2H])c([2H])c([2H])c4c3oc3c([2H])c([2H])c([2H])c([2H])c34)c([2H])c2[2H])c([2H])c([2H])c1[2H]. The van der Waals surface area contributed by atoms with Gasteiger partial charge in [-0.05, 0) is 59.0 Å². The van der Waals surface area contributed by atoms with Crippen molar-refractivity contribution in [1.82, 2.24) is 0 Å². The molecule has 0 spiro atoms. The minimum atomic E-state index is -1.09. The van der Waals surface area contributed by atoms with E-state index in [1.165, 1.54) is 0 Å². The smallest absolute Gasteiger partial charge is 0.143 e. The normalized spacial score (nSPS) is 20.0. The van der Waals surface area contributed by atoms with Gasteiger partial charge in [0.2, 0.25) is 0 Å². The monoisotopic (exact) mass is 511 g/mol. The average Bonchev–Trinajstić information content (AvgIpc) is 3.64. The van der Waals surface area contributed by atoms with E-state index < -0.39 is 201 Å². The van der Waals surface area contributed by atoms with Crippen LogP contribution in [-0.4, -0.2) is 0 Å². The van der Waals surface area contributed by atoms with Crippen LogP contribution in [0.4, 0.5) is 17.1 Å². The predicted octanol–water partition coefficient (Wildman–Crippen LogP) is 10.4. The van der Waals surface area contributed by atoms with E-state index in [1.807, 2.05) is 0 Å². The van der Waals surface area contributed by atoms with Gasteiger partial charge in [-0.15, -0.1) is 0 Å². The fourth-order valence-corrected chi connectivity index (χ4v) is 3.71. The first-order chi connectivity index (χ1) is 28.8. The van der Waals surface area contributed by atoms with Gasteiger partial charge in [0, 0.05) is 33.4 Å². The Bertz CT molecular complexity index is 3110. The van der Waals surface area contributed by atoms with Crippen molar-refractivity contribution >= 4 is 39.0 Å². The summed E-state index contributed by atoms with van der Waals surface area (Å²) < 4.78 is 213. The Balaban J connectivity index is 1.63. The quantitative estimate of drug-likeness (QED) is 0.228. The number of hydrogen-bond acceptors (Lipinski definition) is 2. The molecule has 0 aliphatic rings. The van der Waals surface area contributed by atoms with Crippen LogP contribution < -0.4 is 4.90 Å². The van der Waals surface area contributed by atoms with Crippen LogP contribution in [0.5, 0.6) is 0 Å². The Morgan fingerprint density at radius 2 is 1.05 bits per heavy atom. The Labute approximate surface area is 255 Å². The van der Waals surface area contributed by atoms with Crippen LogP contribution >= 0.6 is 0 Å². The molecule has 0 aliphatic carbocycles. The second-order valence-electron chi connectivity index (χ2n) is 7.59. The average molecular weight is 512 g/mol. The summed E-state index contributed by atoms with van der Waals surface area (Å²) in [5.41, 5.74) is -6.52. The lowest BCUT2D eigenvalue weighted by atomic mass is 10.0. The Morgan fingerprint density at radius 1 is 0.447 bits per heavy atom. The second kappa shape index (κ2) is 9.42. The number of anilines is 3. The van der Waals surface area contributed by atoms with Gasteiger partial charge in [0.15, 0.2) is 0 Å². The van der Waals surface area contributed by atoms with E-state index >= 15 is 0 Å². The van der Waals surface area contributed by atoms with Crippen molar-refractivity contribution in [2.45, 2.75) is 0 Å². The summed E-state index contributed by atoms with van der Waals surface area (Å²) in [6.07, 6.45) is 0. The van der Waals surface area contributed by atoms with Crippen molar-refractivity contribution < 1.29 is 37.3 Å². The third kappa shape index (κ3) is 3.93. The van der Waals surface area contributed by atoms with Crippen molar-refractivity contribution in [3.63, 3.8) is 0 Å². The van der Waals surface area contributed by atoms with Gasteiger partial charge in [-0.1, -0.05) is 109 Å². The Kier molecular flexibility index (Phi) is 2.10. The summed E-state index contributed by atoms with van der Waals surface area (Å²) in [5.74, 6) is 0. The standard InChI is InChI=1S/C36H25NO/c1-3-10-26(11-4-1)27-18-22-30(23-19-27)37(29-12-5-2-6-13-29)31-24-20-28(21-25-31)32-15-9-16-34-33-14-7-8-17-35(33)38-36(32)34/h1-25H/i1D,2D,3D,4D,5D,6D,7D,8D,9D,10D,11D,12D,14D,15D,16D,17D,18D,19D,20D,21D,22D,23D,24D,25D. The Hall–Kier alpha value is -5.08. The topological polar surface area (TPSA) is 16.4 Å². The van der Waals surface area contributed by atoms with Gasteiger partial charge in [0.1, 0.15) is 11.2 Å². The molecule has 0 aliphatic heterocycles. The third-order valence-electron chi connectivity index (χ3n) is 5.38. The minimum Gasteiger partial charge on any atom is -0.455 e. The van der Waals surface area contributed by atoms with E-state index in [2.05, 4.69) is 0 Å². The lowest BCUT2D eigenvalue weighted by molar-refractivity contribution is 0.670. The Morgan fingerprint density at radius 3 is 1.84 bits per heavy atom. The van der Waals surface area contributed by atoms with Crippen LogP contribution in [0, 0.1) is 0 Å². The van der Waals surface area contributed by atoms with Crippen LogP contribution in [-0.2, 0) is 0 Å². The molecule has 1 aromatic heterocycles. The minimum absolute atomic E-state index is 0.364. The fraction of sp³-hybridized carbons (Fsp3) is 0. The van der Waals surface area contributed by atoms with Crippen molar-refractivity contribution in [2.24, 2.45) is 0 Å². The lowest BCUT2D eigenvalue weighted by Gasteiger charge is -2.26. The molecule has 2 heteroatoms. The maximum Gasteiger partial charge on any atom is 0.143 e. The van der Waals surface area contributed by atoms with Crippen LogP contribution in [0.15, 0.2) is 156 Å². The number of nitrogens with zero attached hydrogens (tertiary/aromatic N) is 1. The highest BCUT2D eigenvalue weighted by Crippen LogP contribution is 2.39. The van der Waals surface area contributed by atoms with Crippen molar-refractivity contribution in [2.75, 3.05) is 4.90 Å². The van der Waals surface area contributed by atoms with Crippen molar-refractivity contribution in [3.8, 4) is 22.3 Å². The van der Waals surface area contributed by atoms with Gasteiger partial charge in [-0.3, -0.25) is 0 Å². The van der Waals surface area contributed by atoms with Crippen molar-refractivity contribution in [3.05, 3.63) is 151 Å². The van der Waals surface area contributed by atoms with Crippen LogP contribution in [0.2, 0.25) is 0 Å². The number of para-hydroxylation sites is 3. The summed E-state index contributed by atoms with van der Waals surface area (Å²) >= 11 is 0. The first-order valence-electron chi connectivity index (χ1n) is 22.9. The van der Waals surface area contributed by atoms with Gasteiger partial charge in [-0.25, -0.2) is 0 Å². The van der Waals surface area contributed by atoms with E-state index in [0.29, 0.717) is 4.90 Å². The van der Waals surface area contributed by atoms with E-state index in [9.17, 15) is 5.48 Å². The molecular formula is C36H25NO. The predicted molar refractivity (Wildman–Crippen MR) is 159 cm³/mol. The van der Waals surface area contributed by atoms with E-state index in [1.54, 1.807) is 0 Å². The molecule has 1 heterocycles. The number of fused-ring (bicyclic) bond motifs is 3. The fourth-order valence-electron chi connectivity index (χ4n) is 3.71. The van der Waals surface area contributed by atoms with E-state index in [-0.39, 0.29) is 5.39 Å². The van der Waals surface area contributed by atoms with Crippen LogP contribution in [0.25, 0.3) is 44.2 Å². The molecule has 0 fully saturated rings. The highest BCUT2D eigenvalue weighted by Gasteiger charge is 2.15. The first-order valence-corrected chi connectivity index (χ1v) is 10.9. The lowest BCUT2D eigenvalue weighted by Crippen LogP contribution is -2.09. The third-order valence-corrected chi connectivity index (χ3v) is 5.38. The highest BCUT2D eigenvalue weighted by atomic mass is 16.3. The van der Waals surface area contributed by atoms with Gasteiger partial charge >= 0.3 is 0 Å². The molecule has 0 radical (unpaired) electrons. The molecule has 6 aromatic carbocycles. The van der Waals surface area contributed by atoms with Crippen LogP contribution in [0.3, 0.4) is 0 Å². The number of rotatable bonds is 5. The summed E-state index contributed by atoms with van der Waals surface area (Å²) in [4.78, 5) is 0.528. The molecule has 0 N–H and O–H groups in total. The molecule has 7 aromatic rings. The van der Waals surface area contributed by atoms with Gasteiger partial charge in [-0.2, -0.15) is 0 Å². The summed E-state index contributed by atoms with van der Waals surface area (Å²) in [6.45, 7) is 0. The van der Waals surface area contributed by atoms with Gasteiger partial charge in [0.25, 0.3) is 0 Å². The zero-order valence-corrected chi connectivity index (χ0v) is 18.9. The molecule has 180 valence electrons. The molecule has 38 heavy (non-hydrogen) atoms. The van der Waals surface area contributed by atoms with Gasteiger partial charge in [0.05, 0.1) is 32.9 Å². The van der Waals surface area contributed by atoms with E-state index in [4.69, 9.17) is 31.8 Å². The molecule has 0 saturated heterocycles. The number of furan rings is 1. The summed E-state index contributed by atoms with van der Waals surface area (Å²) in [7, 11) is 0. The maximum atomic E-state index is 9.29. The zero-order chi connectivity index (χ0) is 46.2. The highest BCUT2D eigenvalue weighted by molar-refractivity contribution is 6.09. The molecule has 0 atom stereocenters. The summed E-state index contributed by atoms with van der Waals surface area (Å²) in [5, 5.41) is -0.772. The van der Waals surface area contributed by atoms with E-state index in [0.717, 1.165) is 6.07 Å². The largest absolute Gasteiger partial charge is 0.455 e. The summed E-state index contributed by atoms with van der Waals surface area (Å²) in [6, 6.07) is -20.6. The molecule has 0 saturated carbocycles. The molecule has 0 amide bonds. The number of hydrogen-bond donors (Lipinski definition) is 0. The molecular weight excluding hydrogens is 462 g/mol. The maximum absolute atomic E-state index is 9.29. The molecule has 0 bridgehead atoms. The zero-order valence-electron chi connectivity index (χ0n) is 42.9. The first kappa shape index (κ1) is 8.47. The van der Waals surface area contributed by atoms with Crippen LogP contribution in [0.1, 0.15) is 32.9 Å². The molecule has 2 nitrogen and oxygen atoms in total. The molecule has 7 rings (SSSR count). The molecule has 0 unspecified atom stereocenters. The van der Waals surface area contributed by atoms with Crippen molar-refractivity contribution in [1.29, 1.82) is 0 Å². The number of benzene rings is 6. The van der Waals surface area contributed by atoms with Gasteiger partial charge < -0.3 is 9.32 Å².